The van der Waals surface area contributed by atoms with E-state index >= 15 is 0 Å². The molecule has 1 rings (SSSR count). The van der Waals surface area contributed by atoms with E-state index in [1.807, 2.05) is 14.7 Å². The van der Waals surface area contributed by atoms with Gasteiger partial charge in [0.25, 0.3) is 17.7 Å². The topological polar surface area (TPSA) is 263 Å². The molecule has 0 aromatic heterocycles. The zero-order valence-corrected chi connectivity index (χ0v) is 61.2. The molecule has 1 aromatic carbocycles. The van der Waals surface area contributed by atoms with E-state index in [9.17, 15) is 43.2 Å². The first-order valence-corrected chi connectivity index (χ1v) is 38.1. The summed E-state index contributed by atoms with van der Waals surface area (Å²) >= 11 is 0. The molecular weight excluding hydrogens is 1220 g/mol. The second kappa shape index (κ2) is 62.8. The number of carbonyl (C=O) groups is 9. The maximum absolute atomic E-state index is 13.7. The van der Waals surface area contributed by atoms with Crippen molar-refractivity contribution in [3.63, 3.8) is 0 Å². The average Bonchev–Trinajstić information content (AvgIpc) is 0.899. The standard InChI is InChI=1S/C75H135N9O12/c1-7-13-19-25-31-37-49-82(50-38-32-26-20-14-8-2)70(88)61-94-58-67(85)76-43-46-79-73(91)64-55-65(74(92)80-47-44-77-68(86)59-95-62-71(89)83(51-39-33-27-21-15-9-3)52-40-34-28-22-16-10-4)57-66(56-64)75(93)81-48-45-78-69(87)60-96-63-72(90)84(53-41-35-29-23-17-11-5)54-42-36-30-24-18-12-6/h55-57H,7-54,58-63H2,1-6H3,(H,76,85)(H,77,86)(H,78,87)(H,79,91)(H,80,92)(H,81,93). The summed E-state index contributed by atoms with van der Waals surface area (Å²) in [7, 11) is 0. The van der Waals surface area contributed by atoms with E-state index in [1.165, 1.54) is 134 Å². The summed E-state index contributed by atoms with van der Waals surface area (Å²) in [6.45, 7) is 15.4. The van der Waals surface area contributed by atoms with Gasteiger partial charge in [0.15, 0.2) is 0 Å². The summed E-state index contributed by atoms with van der Waals surface area (Å²) in [5, 5.41) is 16.2. The Morgan fingerprint density at radius 1 is 0.250 bits per heavy atom. The number of benzene rings is 1. The summed E-state index contributed by atoms with van der Waals surface area (Å²) in [4.78, 5) is 125. The van der Waals surface area contributed by atoms with Crippen LogP contribution in [-0.2, 0) is 43.0 Å². The first kappa shape index (κ1) is 88.3. The number of unbranched alkanes of at least 4 members (excludes halogenated alkanes) is 30. The minimum Gasteiger partial charge on any atom is -0.362 e. The first-order chi connectivity index (χ1) is 46.7. The van der Waals surface area contributed by atoms with Crippen LogP contribution in [0.5, 0.6) is 0 Å². The molecule has 0 aliphatic rings. The van der Waals surface area contributed by atoms with Gasteiger partial charge >= 0.3 is 0 Å². The van der Waals surface area contributed by atoms with Crippen LogP contribution in [0.25, 0.3) is 0 Å². The largest absolute Gasteiger partial charge is 0.362 e. The zero-order chi connectivity index (χ0) is 70.3. The number of hydrogen-bond donors (Lipinski definition) is 6. The van der Waals surface area contributed by atoms with Gasteiger partial charge < -0.3 is 60.8 Å². The molecule has 0 unspecified atom stereocenters. The van der Waals surface area contributed by atoms with E-state index in [0.717, 1.165) is 116 Å². The van der Waals surface area contributed by atoms with Crippen LogP contribution in [0.1, 0.15) is 304 Å². The van der Waals surface area contributed by atoms with Gasteiger partial charge in [0.1, 0.15) is 39.6 Å². The van der Waals surface area contributed by atoms with Gasteiger partial charge in [-0.05, 0) is 56.7 Å². The molecule has 6 N–H and O–H groups in total. The third-order valence-corrected chi connectivity index (χ3v) is 17.0. The van der Waals surface area contributed by atoms with E-state index in [0.29, 0.717) is 39.3 Å². The Kier molecular flexibility index (Phi) is 57.8. The highest BCUT2D eigenvalue weighted by Crippen LogP contribution is 2.15. The number of rotatable bonds is 66. The van der Waals surface area contributed by atoms with Gasteiger partial charge in [0.2, 0.25) is 35.4 Å². The Morgan fingerprint density at radius 3 is 0.625 bits per heavy atom. The Morgan fingerprint density at radius 2 is 0.427 bits per heavy atom. The van der Waals surface area contributed by atoms with Crippen molar-refractivity contribution in [2.24, 2.45) is 0 Å². The third kappa shape index (κ3) is 48.9. The van der Waals surface area contributed by atoms with Gasteiger partial charge in [-0.15, -0.1) is 0 Å². The van der Waals surface area contributed by atoms with Crippen LogP contribution in [-0.4, -0.2) is 186 Å². The molecule has 0 atom stereocenters. The van der Waals surface area contributed by atoms with Crippen molar-refractivity contribution in [1.29, 1.82) is 0 Å². The smallest absolute Gasteiger partial charge is 0.251 e. The van der Waals surface area contributed by atoms with Gasteiger partial charge in [0, 0.05) is 95.2 Å². The van der Waals surface area contributed by atoms with Crippen LogP contribution in [0.4, 0.5) is 0 Å². The van der Waals surface area contributed by atoms with Crippen LogP contribution < -0.4 is 31.9 Å². The van der Waals surface area contributed by atoms with Crippen LogP contribution in [0.15, 0.2) is 18.2 Å². The second-order valence-corrected chi connectivity index (χ2v) is 25.8. The third-order valence-electron chi connectivity index (χ3n) is 17.0. The first-order valence-electron chi connectivity index (χ1n) is 38.1. The lowest BCUT2D eigenvalue weighted by Gasteiger charge is -2.23. The van der Waals surface area contributed by atoms with Crippen LogP contribution in [0.2, 0.25) is 0 Å². The molecule has 552 valence electrons. The molecule has 0 bridgehead atoms. The van der Waals surface area contributed by atoms with Crippen LogP contribution >= 0.6 is 0 Å². The molecular formula is C75H135N9O12. The average molecular weight is 1350 g/mol. The SMILES string of the molecule is CCCCCCCCN(CCCCCCCC)C(=O)COCC(=O)NCCNC(=O)c1cc(C(=O)NCCNC(=O)COCC(=O)N(CCCCCCCC)CCCCCCCC)cc(C(=O)NCCNC(=O)COCC(=O)N(CCCCCCCC)CCCCCCCC)c1. The van der Waals surface area contributed by atoms with Crippen molar-refractivity contribution < 1.29 is 57.4 Å². The number of ether oxygens (including phenoxy) is 3. The molecule has 21 heteroatoms. The molecule has 0 spiro atoms. The lowest BCUT2D eigenvalue weighted by Crippen LogP contribution is -2.39. The fraction of sp³-hybridized carbons (Fsp3) is 0.800. The predicted octanol–water partition coefficient (Wildman–Crippen LogP) is 11.9. The van der Waals surface area contributed by atoms with Crippen molar-refractivity contribution in [3.8, 4) is 0 Å². The highest BCUT2D eigenvalue weighted by molar-refractivity contribution is 6.04. The highest BCUT2D eigenvalue weighted by atomic mass is 16.5. The molecule has 0 radical (unpaired) electrons. The summed E-state index contributed by atoms with van der Waals surface area (Å²) in [6, 6.07) is 3.98. The molecule has 0 fully saturated rings. The molecule has 1 aromatic rings. The Hall–Kier alpha value is -5.67. The van der Waals surface area contributed by atoms with Crippen molar-refractivity contribution in [2.45, 2.75) is 273 Å². The second-order valence-electron chi connectivity index (χ2n) is 25.8. The fourth-order valence-corrected chi connectivity index (χ4v) is 11.2. The van der Waals surface area contributed by atoms with E-state index < -0.39 is 35.4 Å². The van der Waals surface area contributed by atoms with Crippen molar-refractivity contribution in [1.82, 2.24) is 46.6 Å². The number of hydrogen-bond acceptors (Lipinski definition) is 12. The molecule has 0 saturated carbocycles. The number of amides is 9. The van der Waals surface area contributed by atoms with Gasteiger partial charge in [-0.2, -0.15) is 0 Å². The summed E-state index contributed by atoms with van der Waals surface area (Å²) < 4.78 is 16.7. The maximum atomic E-state index is 13.7. The number of nitrogens with zero attached hydrogens (tertiary/aromatic N) is 3. The van der Waals surface area contributed by atoms with Crippen molar-refractivity contribution in [3.05, 3.63) is 34.9 Å². The van der Waals surface area contributed by atoms with Crippen LogP contribution in [0, 0.1) is 0 Å². The lowest BCUT2D eigenvalue weighted by molar-refractivity contribution is -0.139. The van der Waals surface area contributed by atoms with Crippen molar-refractivity contribution >= 4 is 53.2 Å². The minimum atomic E-state index is -0.636. The zero-order valence-electron chi connectivity index (χ0n) is 61.2. The Bertz CT molecular complexity index is 1920. The van der Waals surface area contributed by atoms with Crippen LogP contribution in [0.3, 0.4) is 0 Å². The lowest BCUT2D eigenvalue weighted by atomic mass is 10.0. The normalized spacial score (nSPS) is 11.1. The number of carbonyl (C=O) groups excluding carboxylic acids is 9. The molecule has 9 amide bonds. The van der Waals surface area contributed by atoms with Gasteiger partial charge in [-0.25, -0.2) is 0 Å². The highest BCUT2D eigenvalue weighted by Gasteiger charge is 2.20. The van der Waals surface area contributed by atoms with Gasteiger partial charge in [-0.1, -0.05) is 234 Å². The molecule has 0 aliphatic carbocycles. The summed E-state index contributed by atoms with van der Waals surface area (Å²) in [5.74, 6) is -3.74. The minimum absolute atomic E-state index is 0.0195. The summed E-state index contributed by atoms with van der Waals surface area (Å²) in [6.07, 6.45) is 40.2. The number of nitrogens with one attached hydrogen (secondary N) is 6. The fourth-order valence-electron chi connectivity index (χ4n) is 11.2. The van der Waals surface area contributed by atoms with Crippen molar-refractivity contribution in [2.75, 3.05) is 118 Å². The van der Waals surface area contributed by atoms with E-state index in [1.54, 1.807) is 0 Å². The van der Waals surface area contributed by atoms with Gasteiger partial charge in [0.05, 0.1) is 0 Å². The molecule has 0 heterocycles. The summed E-state index contributed by atoms with van der Waals surface area (Å²) in [5.41, 5.74) is -0.0765. The molecule has 96 heavy (non-hydrogen) atoms. The molecule has 21 nitrogen and oxygen atoms in total. The predicted molar refractivity (Wildman–Crippen MR) is 385 cm³/mol. The monoisotopic (exact) mass is 1350 g/mol. The van der Waals surface area contributed by atoms with E-state index in [-0.39, 0.29) is 113 Å². The maximum Gasteiger partial charge on any atom is 0.251 e. The molecule has 0 aliphatic heterocycles. The molecule has 0 saturated heterocycles. The Balaban J connectivity index is 2.98. The Labute approximate surface area is 580 Å². The van der Waals surface area contributed by atoms with E-state index in [4.69, 9.17) is 14.2 Å². The van der Waals surface area contributed by atoms with Gasteiger partial charge in [-0.3, -0.25) is 43.2 Å². The quantitative estimate of drug-likeness (QED) is 0.0333. The van der Waals surface area contributed by atoms with E-state index in [2.05, 4.69) is 73.4 Å².